The number of carbonyl (C=O) groups excluding carboxylic acids is 2. The van der Waals surface area contributed by atoms with Gasteiger partial charge in [0.25, 0.3) is 0 Å². The molecular formula is C17H32O4. The fourth-order valence-electron chi connectivity index (χ4n) is 3.32. The predicted molar refractivity (Wildman–Crippen MR) is 83.8 cm³/mol. The van der Waals surface area contributed by atoms with E-state index < -0.39 is 0 Å². The summed E-state index contributed by atoms with van der Waals surface area (Å²) in [4.78, 5) is 23.5. The van der Waals surface area contributed by atoms with Gasteiger partial charge in [-0.25, -0.2) is 0 Å². The minimum absolute atomic E-state index is 0.0699. The summed E-state index contributed by atoms with van der Waals surface area (Å²) in [6.45, 7) is 10.00. The number of hydrogen-bond donors (Lipinski definition) is 1. The van der Waals surface area contributed by atoms with Crippen molar-refractivity contribution in [1.82, 2.24) is 0 Å². The van der Waals surface area contributed by atoms with E-state index in [1.165, 1.54) is 6.92 Å². The maximum absolute atomic E-state index is 12.3. The fourth-order valence-corrected chi connectivity index (χ4v) is 3.32. The SMILES string of the molecule is CCCC(=O)C1CC(OC(C)=O)C(C)CC1C(C)C.CO. The molecule has 1 fully saturated rings. The van der Waals surface area contributed by atoms with Crippen molar-refractivity contribution < 1.29 is 19.4 Å². The standard InChI is InChI=1S/C16H28O3.CH4O/c1-6-7-15(18)14-9-16(19-12(5)17)11(4)8-13(14)10(2)3;1-2/h10-11,13-14,16H,6-9H2,1-5H3;2H,1H3. The lowest BCUT2D eigenvalue weighted by Gasteiger charge is -2.40. The maximum atomic E-state index is 12.3. The summed E-state index contributed by atoms with van der Waals surface area (Å²) in [5, 5.41) is 7.00. The van der Waals surface area contributed by atoms with Crippen LogP contribution in [0, 0.1) is 23.7 Å². The first-order chi connectivity index (χ1) is 9.86. The van der Waals surface area contributed by atoms with Crippen LogP contribution in [0.3, 0.4) is 0 Å². The molecule has 1 aliphatic rings. The van der Waals surface area contributed by atoms with Gasteiger partial charge in [0.1, 0.15) is 11.9 Å². The van der Waals surface area contributed by atoms with Crippen molar-refractivity contribution in [3.8, 4) is 0 Å². The first kappa shape index (κ1) is 20.1. The first-order valence-electron chi connectivity index (χ1n) is 8.01. The Morgan fingerprint density at radius 3 is 2.24 bits per heavy atom. The number of rotatable bonds is 5. The maximum Gasteiger partial charge on any atom is 0.302 e. The molecule has 0 radical (unpaired) electrons. The second-order valence-corrected chi connectivity index (χ2v) is 6.33. The van der Waals surface area contributed by atoms with Gasteiger partial charge in [-0.3, -0.25) is 9.59 Å². The predicted octanol–water partition coefficient (Wildman–Crippen LogP) is 3.21. The van der Waals surface area contributed by atoms with Crippen molar-refractivity contribution in [2.45, 2.75) is 66.4 Å². The van der Waals surface area contributed by atoms with Gasteiger partial charge in [0, 0.05) is 26.4 Å². The van der Waals surface area contributed by atoms with E-state index in [-0.39, 0.29) is 18.0 Å². The van der Waals surface area contributed by atoms with E-state index in [1.807, 2.05) is 6.92 Å². The van der Waals surface area contributed by atoms with Gasteiger partial charge >= 0.3 is 5.97 Å². The number of aliphatic hydroxyl groups excluding tert-OH is 1. The highest BCUT2D eigenvalue weighted by molar-refractivity contribution is 5.81. The molecule has 0 heterocycles. The van der Waals surface area contributed by atoms with E-state index in [0.717, 1.165) is 20.0 Å². The molecule has 4 nitrogen and oxygen atoms in total. The van der Waals surface area contributed by atoms with Crippen LogP contribution in [0.4, 0.5) is 0 Å². The molecule has 21 heavy (non-hydrogen) atoms. The number of carbonyl (C=O) groups is 2. The smallest absolute Gasteiger partial charge is 0.302 e. The van der Waals surface area contributed by atoms with Gasteiger partial charge < -0.3 is 9.84 Å². The Kier molecular flexibility index (Phi) is 9.51. The summed E-state index contributed by atoms with van der Waals surface area (Å²) in [5.41, 5.74) is 0. The molecule has 0 aromatic rings. The zero-order chi connectivity index (χ0) is 16.6. The van der Waals surface area contributed by atoms with Gasteiger partial charge in [-0.1, -0.05) is 27.7 Å². The Morgan fingerprint density at radius 2 is 1.81 bits per heavy atom. The van der Waals surface area contributed by atoms with E-state index in [2.05, 4.69) is 20.8 Å². The van der Waals surface area contributed by atoms with Crippen LogP contribution in [0.1, 0.15) is 60.3 Å². The normalized spacial score (nSPS) is 28.6. The lowest BCUT2D eigenvalue weighted by atomic mass is 9.67. The van der Waals surface area contributed by atoms with Crippen LogP contribution < -0.4 is 0 Å². The van der Waals surface area contributed by atoms with Crippen LogP contribution in [0.5, 0.6) is 0 Å². The van der Waals surface area contributed by atoms with E-state index >= 15 is 0 Å². The van der Waals surface area contributed by atoms with E-state index in [4.69, 9.17) is 9.84 Å². The van der Waals surface area contributed by atoms with Gasteiger partial charge in [0.2, 0.25) is 0 Å². The second kappa shape index (κ2) is 9.93. The molecule has 1 rings (SSSR count). The van der Waals surface area contributed by atoms with Gasteiger partial charge in [-0.05, 0) is 37.0 Å². The molecule has 0 amide bonds. The summed E-state index contributed by atoms with van der Waals surface area (Å²) >= 11 is 0. The Balaban J connectivity index is 0.00000191. The molecule has 4 atom stereocenters. The van der Waals surface area contributed by atoms with Crippen LogP contribution in [-0.4, -0.2) is 30.1 Å². The van der Waals surface area contributed by atoms with Crippen molar-refractivity contribution in [3.63, 3.8) is 0 Å². The highest BCUT2D eigenvalue weighted by atomic mass is 16.5. The van der Waals surface area contributed by atoms with Crippen molar-refractivity contribution in [3.05, 3.63) is 0 Å². The number of esters is 1. The lowest BCUT2D eigenvalue weighted by molar-refractivity contribution is -0.155. The summed E-state index contributed by atoms with van der Waals surface area (Å²) in [6.07, 6.45) is 3.15. The largest absolute Gasteiger partial charge is 0.462 e. The molecule has 0 saturated heterocycles. The van der Waals surface area contributed by atoms with Crippen LogP contribution in [0.2, 0.25) is 0 Å². The zero-order valence-electron chi connectivity index (χ0n) is 14.4. The molecule has 4 heteroatoms. The Hall–Kier alpha value is -0.900. The Labute approximate surface area is 129 Å². The molecule has 0 aromatic carbocycles. The second-order valence-electron chi connectivity index (χ2n) is 6.33. The van der Waals surface area contributed by atoms with Gasteiger partial charge in [0.15, 0.2) is 0 Å². The quantitative estimate of drug-likeness (QED) is 0.792. The molecular weight excluding hydrogens is 268 g/mol. The summed E-state index contributed by atoms with van der Waals surface area (Å²) < 4.78 is 5.40. The Bertz CT molecular complexity index is 325. The molecule has 1 saturated carbocycles. The lowest BCUT2D eigenvalue weighted by Crippen LogP contribution is -2.41. The molecule has 1 aliphatic carbocycles. The highest BCUT2D eigenvalue weighted by Gasteiger charge is 2.40. The number of ketones is 1. The van der Waals surface area contributed by atoms with Crippen molar-refractivity contribution in [2.24, 2.45) is 23.7 Å². The molecule has 124 valence electrons. The average molecular weight is 300 g/mol. The van der Waals surface area contributed by atoms with Gasteiger partial charge in [-0.15, -0.1) is 0 Å². The van der Waals surface area contributed by atoms with Crippen molar-refractivity contribution in [2.75, 3.05) is 7.11 Å². The third-order valence-electron chi connectivity index (χ3n) is 4.37. The van der Waals surface area contributed by atoms with Crippen molar-refractivity contribution in [1.29, 1.82) is 0 Å². The van der Waals surface area contributed by atoms with Crippen LogP contribution in [0.25, 0.3) is 0 Å². The molecule has 0 aliphatic heterocycles. The van der Waals surface area contributed by atoms with E-state index in [9.17, 15) is 9.59 Å². The minimum Gasteiger partial charge on any atom is -0.462 e. The number of aliphatic hydroxyl groups is 1. The molecule has 1 N–H and O–H groups in total. The van der Waals surface area contributed by atoms with Crippen molar-refractivity contribution >= 4 is 11.8 Å². The average Bonchev–Trinajstić information content (AvgIpc) is 2.42. The number of hydrogen-bond acceptors (Lipinski definition) is 4. The Morgan fingerprint density at radius 1 is 1.24 bits per heavy atom. The van der Waals surface area contributed by atoms with Crippen LogP contribution >= 0.6 is 0 Å². The first-order valence-corrected chi connectivity index (χ1v) is 8.01. The van der Waals surface area contributed by atoms with E-state index in [0.29, 0.717) is 36.4 Å². The van der Waals surface area contributed by atoms with Gasteiger partial charge in [0.05, 0.1) is 0 Å². The monoisotopic (exact) mass is 300 g/mol. The molecule has 0 bridgehead atoms. The highest BCUT2D eigenvalue weighted by Crippen LogP contribution is 2.40. The third-order valence-corrected chi connectivity index (χ3v) is 4.37. The van der Waals surface area contributed by atoms with Crippen LogP contribution in [-0.2, 0) is 14.3 Å². The van der Waals surface area contributed by atoms with Crippen LogP contribution in [0.15, 0.2) is 0 Å². The number of Topliss-reactive ketones (excluding diaryl/α,β-unsaturated/α-hetero) is 1. The summed E-state index contributed by atoms with van der Waals surface area (Å²) in [7, 11) is 1.00. The molecule has 0 spiro atoms. The zero-order valence-corrected chi connectivity index (χ0v) is 14.4. The fraction of sp³-hybridized carbons (Fsp3) is 0.882. The minimum atomic E-state index is -0.235. The summed E-state index contributed by atoms with van der Waals surface area (Å²) in [6, 6.07) is 0. The third kappa shape index (κ3) is 6.16. The summed E-state index contributed by atoms with van der Waals surface area (Å²) in [5.74, 6) is 1.47. The van der Waals surface area contributed by atoms with Gasteiger partial charge in [-0.2, -0.15) is 0 Å². The molecule has 4 unspecified atom stereocenters. The van der Waals surface area contributed by atoms with E-state index in [1.54, 1.807) is 0 Å². The number of ether oxygens (including phenoxy) is 1. The molecule has 0 aromatic heterocycles. The topological polar surface area (TPSA) is 63.6 Å².